The average molecular weight is 366 g/mol. The summed E-state index contributed by atoms with van der Waals surface area (Å²) < 4.78 is 15.6. The van der Waals surface area contributed by atoms with E-state index in [1.165, 1.54) is 23.6 Å². The molecule has 0 aliphatic heterocycles. The molecule has 1 aromatic carbocycles. The first-order valence-corrected chi connectivity index (χ1v) is 9.07. The minimum atomic E-state index is -0.399. The molecule has 0 saturated heterocycles. The van der Waals surface area contributed by atoms with E-state index in [1.54, 1.807) is 28.1 Å². The molecule has 0 N–H and O–H groups in total. The van der Waals surface area contributed by atoms with Gasteiger partial charge in [0.1, 0.15) is 5.82 Å². The summed E-state index contributed by atoms with van der Waals surface area (Å²) >= 11 is 9.18. The normalized spacial score (nSPS) is 12.4. The van der Waals surface area contributed by atoms with Crippen LogP contribution in [-0.4, -0.2) is 17.4 Å². The van der Waals surface area contributed by atoms with Crippen LogP contribution in [-0.2, 0) is 0 Å². The quantitative estimate of drug-likeness (QED) is 0.590. The summed E-state index contributed by atoms with van der Waals surface area (Å²) in [6, 6.07) is 8.58. The molecule has 2 aromatic heterocycles. The Hall–Kier alpha value is -1.76. The highest BCUT2D eigenvalue weighted by Crippen LogP contribution is 2.25. The second kappa shape index (κ2) is 7.21. The summed E-state index contributed by atoms with van der Waals surface area (Å²) in [4.78, 5) is 6.28. The van der Waals surface area contributed by atoms with Crippen LogP contribution in [0.2, 0.25) is 5.02 Å². The minimum Gasteiger partial charge on any atom is -0.258 e. The number of hydrogen-bond donors (Lipinski definition) is 0. The first-order valence-electron chi connectivity index (χ1n) is 6.94. The van der Waals surface area contributed by atoms with E-state index in [1.807, 2.05) is 29.8 Å². The van der Waals surface area contributed by atoms with E-state index in [-0.39, 0.29) is 5.56 Å². The highest BCUT2D eigenvalue weighted by atomic mass is 35.5. The zero-order valence-electron chi connectivity index (χ0n) is 12.2. The van der Waals surface area contributed by atoms with E-state index in [0.717, 1.165) is 15.4 Å². The fourth-order valence-electron chi connectivity index (χ4n) is 2.00. The lowest BCUT2D eigenvalue weighted by atomic mass is 10.2. The van der Waals surface area contributed by atoms with E-state index < -0.39 is 5.82 Å². The summed E-state index contributed by atoms with van der Waals surface area (Å²) in [6.07, 6.45) is 1.44. The lowest BCUT2D eigenvalue weighted by molar-refractivity contribution is 0.625. The van der Waals surface area contributed by atoms with Gasteiger partial charge in [-0.3, -0.25) is 4.99 Å². The second-order valence-electron chi connectivity index (χ2n) is 4.55. The predicted octanol–water partition coefficient (Wildman–Crippen LogP) is 4.87. The van der Waals surface area contributed by atoms with Crippen molar-refractivity contribution in [3.05, 3.63) is 62.3 Å². The Balaban J connectivity index is 2.10. The molecular formula is C16H13ClFN3S2. The van der Waals surface area contributed by atoms with Gasteiger partial charge in [0.25, 0.3) is 0 Å². The second-order valence-corrected chi connectivity index (χ2v) is 6.74. The first kappa shape index (κ1) is 16.1. The largest absolute Gasteiger partial charge is 0.258 e. The molecule has 0 unspecified atom stereocenters. The van der Waals surface area contributed by atoms with Gasteiger partial charge < -0.3 is 0 Å². The van der Waals surface area contributed by atoms with Crippen LogP contribution < -0.4 is 4.80 Å². The van der Waals surface area contributed by atoms with Crippen molar-refractivity contribution in [3.8, 4) is 10.6 Å². The van der Waals surface area contributed by atoms with Crippen molar-refractivity contribution in [2.24, 2.45) is 10.1 Å². The molecule has 3 aromatic rings. The van der Waals surface area contributed by atoms with E-state index in [0.29, 0.717) is 11.6 Å². The monoisotopic (exact) mass is 365 g/mol. The molecule has 0 atom stereocenters. The Morgan fingerprint density at radius 1 is 1.26 bits per heavy atom. The molecule has 23 heavy (non-hydrogen) atoms. The van der Waals surface area contributed by atoms with Crippen LogP contribution >= 0.6 is 34.3 Å². The number of nitrogens with zero attached hydrogens (tertiary/aromatic N) is 3. The summed E-state index contributed by atoms with van der Waals surface area (Å²) in [5.74, 6) is -0.399. The summed E-state index contributed by atoms with van der Waals surface area (Å²) in [5, 5.41) is 8.76. The number of rotatable bonds is 4. The number of halogens is 2. The lowest BCUT2D eigenvalue weighted by Crippen LogP contribution is -2.12. The van der Waals surface area contributed by atoms with Crippen LogP contribution in [0, 0.1) is 5.82 Å². The van der Waals surface area contributed by atoms with Crippen LogP contribution in [0.4, 0.5) is 4.39 Å². The van der Waals surface area contributed by atoms with Crippen LogP contribution in [0.15, 0.2) is 51.2 Å². The predicted molar refractivity (Wildman–Crippen MR) is 96.1 cm³/mol. The van der Waals surface area contributed by atoms with E-state index in [2.05, 4.69) is 10.1 Å². The highest BCUT2D eigenvalue weighted by molar-refractivity contribution is 7.14. The highest BCUT2D eigenvalue weighted by Gasteiger charge is 2.09. The van der Waals surface area contributed by atoms with Gasteiger partial charge in [0.2, 0.25) is 4.80 Å². The molecule has 0 amide bonds. The molecule has 7 heteroatoms. The SMILES string of the molecule is CCN=c1scc(-c2cccs2)n1/N=C\c1c(F)cccc1Cl. The zero-order valence-corrected chi connectivity index (χ0v) is 14.6. The molecule has 3 nitrogen and oxygen atoms in total. The van der Waals surface area contributed by atoms with Gasteiger partial charge in [0.05, 0.1) is 21.8 Å². The molecule has 0 bridgehead atoms. The summed E-state index contributed by atoms with van der Waals surface area (Å²) in [5.41, 5.74) is 1.20. The number of hydrogen-bond acceptors (Lipinski definition) is 4. The van der Waals surface area contributed by atoms with E-state index in [9.17, 15) is 4.39 Å². The zero-order chi connectivity index (χ0) is 16.2. The van der Waals surface area contributed by atoms with Gasteiger partial charge in [-0.25, -0.2) is 9.07 Å². The Morgan fingerprint density at radius 3 is 2.83 bits per heavy atom. The van der Waals surface area contributed by atoms with Crippen molar-refractivity contribution >= 4 is 40.5 Å². The standard InChI is InChI=1S/C16H13ClFN3S2/c1-2-19-16-21(14(10-23-16)15-7-4-8-22-15)20-9-11-12(17)5-3-6-13(11)18/h3-10H,2H2,1H3/b19-16?,20-9-. The first-order chi connectivity index (χ1) is 11.2. The Bertz CT molecular complexity index is 874. The topological polar surface area (TPSA) is 29.6 Å². The van der Waals surface area contributed by atoms with Gasteiger partial charge in [-0.15, -0.1) is 22.7 Å². The van der Waals surface area contributed by atoms with Crippen LogP contribution in [0.25, 0.3) is 10.6 Å². The molecule has 0 aliphatic rings. The van der Waals surface area contributed by atoms with Crippen LogP contribution in [0.1, 0.15) is 12.5 Å². The van der Waals surface area contributed by atoms with Crippen molar-refractivity contribution in [2.75, 3.05) is 6.54 Å². The fraction of sp³-hybridized carbons (Fsp3) is 0.125. The smallest absolute Gasteiger partial charge is 0.206 e. The molecule has 2 heterocycles. The van der Waals surface area contributed by atoms with E-state index in [4.69, 9.17) is 11.6 Å². The number of thiazole rings is 1. The fourth-order valence-corrected chi connectivity index (χ4v) is 3.91. The molecular weight excluding hydrogens is 353 g/mol. The Morgan fingerprint density at radius 2 is 2.13 bits per heavy atom. The van der Waals surface area contributed by atoms with Gasteiger partial charge in [-0.2, -0.15) is 5.10 Å². The maximum atomic E-state index is 13.9. The average Bonchev–Trinajstić information content (AvgIpc) is 3.17. The van der Waals surface area contributed by atoms with Crippen LogP contribution in [0.3, 0.4) is 0 Å². The Labute approximate surface area is 146 Å². The molecule has 118 valence electrons. The number of thiophene rings is 1. The third kappa shape index (κ3) is 3.44. The molecule has 0 aliphatic carbocycles. The van der Waals surface area contributed by atoms with Crippen LogP contribution in [0.5, 0.6) is 0 Å². The van der Waals surface area contributed by atoms with Gasteiger partial charge in [-0.05, 0) is 30.5 Å². The summed E-state index contributed by atoms with van der Waals surface area (Å²) in [6.45, 7) is 2.62. The number of benzene rings is 1. The molecule has 0 radical (unpaired) electrons. The molecule has 0 saturated carbocycles. The summed E-state index contributed by atoms with van der Waals surface area (Å²) in [7, 11) is 0. The molecule has 0 spiro atoms. The minimum absolute atomic E-state index is 0.271. The molecule has 3 rings (SSSR count). The maximum Gasteiger partial charge on any atom is 0.206 e. The van der Waals surface area contributed by atoms with Crippen molar-refractivity contribution in [2.45, 2.75) is 6.92 Å². The Kier molecular flexibility index (Phi) is 5.05. The third-order valence-corrected chi connectivity index (χ3v) is 5.13. The van der Waals surface area contributed by atoms with Gasteiger partial charge in [0, 0.05) is 17.5 Å². The van der Waals surface area contributed by atoms with Gasteiger partial charge >= 0.3 is 0 Å². The number of aromatic nitrogens is 1. The van der Waals surface area contributed by atoms with Gasteiger partial charge in [-0.1, -0.05) is 23.7 Å². The van der Waals surface area contributed by atoms with Crippen molar-refractivity contribution in [1.29, 1.82) is 0 Å². The van der Waals surface area contributed by atoms with E-state index >= 15 is 0 Å². The van der Waals surface area contributed by atoms with Crippen molar-refractivity contribution in [1.82, 2.24) is 4.68 Å². The van der Waals surface area contributed by atoms with Crippen molar-refractivity contribution in [3.63, 3.8) is 0 Å². The van der Waals surface area contributed by atoms with Crippen molar-refractivity contribution < 1.29 is 4.39 Å². The maximum absolute atomic E-state index is 13.9. The third-order valence-electron chi connectivity index (χ3n) is 3.05. The van der Waals surface area contributed by atoms with Gasteiger partial charge in [0.15, 0.2) is 0 Å². The molecule has 0 fully saturated rings. The lowest BCUT2D eigenvalue weighted by Gasteiger charge is -2.02.